The molecule has 0 atom stereocenters. The van der Waals surface area contributed by atoms with Crippen molar-refractivity contribution in [3.05, 3.63) is 65.1 Å². The summed E-state index contributed by atoms with van der Waals surface area (Å²) in [5.74, 6) is 1.84. The minimum absolute atomic E-state index is 0.125. The SMILES string of the molecule is COc1cc(CN2CCc3nc(N4CCCCC4)nc(Oc4cccc(F)c4)c3C2)ccc1O. The highest BCUT2D eigenvalue weighted by Crippen LogP contribution is 2.33. The van der Waals surface area contributed by atoms with Crippen LogP contribution in [0.5, 0.6) is 23.1 Å². The van der Waals surface area contributed by atoms with E-state index in [2.05, 4.69) is 9.80 Å². The minimum Gasteiger partial charge on any atom is -0.504 e. The Labute approximate surface area is 198 Å². The van der Waals surface area contributed by atoms with Gasteiger partial charge >= 0.3 is 0 Å². The molecule has 2 aromatic carbocycles. The molecule has 1 N–H and O–H groups in total. The molecule has 8 heteroatoms. The summed E-state index contributed by atoms with van der Waals surface area (Å²) in [5, 5.41) is 9.90. The summed E-state index contributed by atoms with van der Waals surface area (Å²) in [5.41, 5.74) is 2.96. The fourth-order valence-corrected chi connectivity index (χ4v) is 4.60. The van der Waals surface area contributed by atoms with Crippen molar-refractivity contribution < 1.29 is 19.0 Å². The number of aromatic nitrogens is 2. The molecule has 1 aromatic heterocycles. The van der Waals surface area contributed by atoms with Gasteiger partial charge in [-0.15, -0.1) is 0 Å². The second-order valence-corrected chi connectivity index (χ2v) is 8.83. The van der Waals surface area contributed by atoms with Crippen molar-refractivity contribution in [3.8, 4) is 23.1 Å². The standard InChI is InChI=1S/C26H29FN4O3/c1-33-24-14-18(8-9-23(24)32)16-30-13-10-22-21(17-30)25(34-20-7-5-6-19(27)15-20)29-26(28-22)31-11-3-2-4-12-31/h5-9,14-15,32H,2-4,10-13,16-17H2,1H3. The number of rotatable bonds is 6. The molecule has 0 radical (unpaired) electrons. The van der Waals surface area contributed by atoms with Gasteiger partial charge in [-0.05, 0) is 49.1 Å². The lowest BCUT2D eigenvalue weighted by Crippen LogP contribution is -2.34. The van der Waals surface area contributed by atoms with Gasteiger partial charge in [-0.25, -0.2) is 9.37 Å². The maximum atomic E-state index is 13.8. The average Bonchev–Trinajstić information content (AvgIpc) is 2.86. The van der Waals surface area contributed by atoms with Crippen LogP contribution in [0.15, 0.2) is 42.5 Å². The van der Waals surface area contributed by atoms with Crippen molar-refractivity contribution in [3.63, 3.8) is 0 Å². The lowest BCUT2D eigenvalue weighted by atomic mass is 10.1. The normalized spacial score (nSPS) is 16.2. The number of halogens is 1. The summed E-state index contributed by atoms with van der Waals surface area (Å²) in [7, 11) is 1.54. The number of hydrogen-bond donors (Lipinski definition) is 1. The van der Waals surface area contributed by atoms with E-state index in [1.54, 1.807) is 25.3 Å². The van der Waals surface area contributed by atoms with Crippen molar-refractivity contribution in [2.24, 2.45) is 0 Å². The zero-order valence-corrected chi connectivity index (χ0v) is 19.3. The first-order valence-electron chi connectivity index (χ1n) is 11.8. The first-order valence-corrected chi connectivity index (χ1v) is 11.8. The van der Waals surface area contributed by atoms with E-state index in [9.17, 15) is 9.50 Å². The smallest absolute Gasteiger partial charge is 0.228 e. The minimum atomic E-state index is -0.348. The van der Waals surface area contributed by atoms with E-state index < -0.39 is 0 Å². The van der Waals surface area contributed by atoms with Crippen molar-refractivity contribution in [1.82, 2.24) is 14.9 Å². The first kappa shape index (κ1) is 22.4. The lowest BCUT2D eigenvalue weighted by Gasteiger charge is -2.32. The highest BCUT2D eigenvalue weighted by Gasteiger charge is 2.26. The van der Waals surface area contributed by atoms with Crippen LogP contribution in [0.4, 0.5) is 10.3 Å². The van der Waals surface area contributed by atoms with Gasteiger partial charge in [0.15, 0.2) is 11.5 Å². The second-order valence-electron chi connectivity index (χ2n) is 8.83. The maximum absolute atomic E-state index is 13.8. The van der Waals surface area contributed by atoms with Gasteiger partial charge in [-0.2, -0.15) is 4.98 Å². The maximum Gasteiger partial charge on any atom is 0.228 e. The number of nitrogens with zero attached hydrogens (tertiary/aromatic N) is 4. The van der Waals surface area contributed by atoms with Crippen molar-refractivity contribution in [1.29, 1.82) is 0 Å². The molecule has 178 valence electrons. The number of hydrogen-bond acceptors (Lipinski definition) is 7. The van der Waals surface area contributed by atoms with Gasteiger partial charge in [0.05, 0.1) is 18.4 Å². The summed E-state index contributed by atoms with van der Waals surface area (Å²) in [4.78, 5) is 14.2. The topological polar surface area (TPSA) is 71.0 Å². The molecule has 2 aliphatic rings. The van der Waals surface area contributed by atoms with Crippen LogP contribution < -0.4 is 14.4 Å². The monoisotopic (exact) mass is 464 g/mol. The summed E-state index contributed by atoms with van der Waals surface area (Å²) in [6, 6.07) is 11.5. The van der Waals surface area contributed by atoms with Crippen molar-refractivity contribution in [2.45, 2.75) is 38.8 Å². The van der Waals surface area contributed by atoms with Gasteiger partial charge in [-0.1, -0.05) is 12.1 Å². The van der Waals surface area contributed by atoms with Gasteiger partial charge in [0.25, 0.3) is 0 Å². The molecule has 0 saturated carbocycles. The number of piperidine rings is 1. The molecule has 5 rings (SSSR count). The Morgan fingerprint density at radius 1 is 1.03 bits per heavy atom. The molecule has 3 aromatic rings. The molecule has 1 saturated heterocycles. The van der Waals surface area contributed by atoms with Crippen LogP contribution in [0.25, 0.3) is 0 Å². The number of benzene rings is 2. The van der Waals surface area contributed by atoms with E-state index in [-0.39, 0.29) is 11.6 Å². The third-order valence-corrected chi connectivity index (χ3v) is 6.39. The Hall–Kier alpha value is -3.39. The Bertz CT molecular complexity index is 1170. The van der Waals surface area contributed by atoms with E-state index in [0.29, 0.717) is 36.4 Å². The molecule has 0 amide bonds. The quantitative estimate of drug-likeness (QED) is 0.568. The van der Waals surface area contributed by atoms with Gasteiger partial charge in [0, 0.05) is 45.2 Å². The van der Waals surface area contributed by atoms with Crippen LogP contribution in [0.3, 0.4) is 0 Å². The molecule has 0 unspecified atom stereocenters. The molecule has 0 aliphatic carbocycles. The summed E-state index contributed by atoms with van der Waals surface area (Å²) in [6.45, 7) is 4.01. The van der Waals surface area contributed by atoms with E-state index >= 15 is 0 Å². The van der Waals surface area contributed by atoms with Crippen molar-refractivity contribution in [2.75, 3.05) is 31.6 Å². The van der Waals surface area contributed by atoms with E-state index in [1.165, 1.54) is 18.6 Å². The van der Waals surface area contributed by atoms with Crippen LogP contribution in [0, 0.1) is 5.82 Å². The Balaban J connectivity index is 1.44. The molecule has 2 aliphatic heterocycles. The van der Waals surface area contributed by atoms with E-state index in [4.69, 9.17) is 19.4 Å². The fourth-order valence-electron chi connectivity index (χ4n) is 4.60. The molecule has 0 spiro atoms. The zero-order chi connectivity index (χ0) is 23.5. The first-order chi connectivity index (χ1) is 16.6. The summed E-state index contributed by atoms with van der Waals surface area (Å²) < 4.78 is 25.2. The molecule has 34 heavy (non-hydrogen) atoms. The third-order valence-electron chi connectivity index (χ3n) is 6.39. The van der Waals surface area contributed by atoms with Gasteiger partial charge in [-0.3, -0.25) is 4.90 Å². The lowest BCUT2D eigenvalue weighted by molar-refractivity contribution is 0.237. The zero-order valence-electron chi connectivity index (χ0n) is 19.3. The Morgan fingerprint density at radius 2 is 1.88 bits per heavy atom. The van der Waals surface area contributed by atoms with E-state index in [0.717, 1.165) is 55.7 Å². The number of aromatic hydroxyl groups is 1. The van der Waals surface area contributed by atoms with Crippen LogP contribution in [0.2, 0.25) is 0 Å². The molecule has 0 bridgehead atoms. The number of methoxy groups -OCH3 is 1. The van der Waals surface area contributed by atoms with Gasteiger partial charge in [0.2, 0.25) is 11.8 Å². The number of fused-ring (bicyclic) bond motifs is 1. The fraction of sp³-hybridized carbons (Fsp3) is 0.385. The van der Waals surface area contributed by atoms with E-state index in [1.807, 2.05) is 12.1 Å². The van der Waals surface area contributed by atoms with Crippen LogP contribution >= 0.6 is 0 Å². The Morgan fingerprint density at radius 3 is 2.68 bits per heavy atom. The van der Waals surface area contributed by atoms with Crippen LogP contribution in [-0.4, -0.2) is 46.7 Å². The second kappa shape index (κ2) is 9.85. The highest BCUT2D eigenvalue weighted by molar-refractivity contribution is 5.44. The van der Waals surface area contributed by atoms with Gasteiger partial charge < -0.3 is 19.5 Å². The summed E-state index contributed by atoms with van der Waals surface area (Å²) in [6.07, 6.45) is 4.26. The third kappa shape index (κ3) is 4.92. The molecule has 1 fully saturated rings. The number of ether oxygens (including phenoxy) is 2. The average molecular weight is 465 g/mol. The molecule has 3 heterocycles. The molecular formula is C26H29FN4O3. The molecular weight excluding hydrogens is 435 g/mol. The van der Waals surface area contributed by atoms with Gasteiger partial charge in [0.1, 0.15) is 11.6 Å². The van der Waals surface area contributed by atoms with Crippen molar-refractivity contribution >= 4 is 5.95 Å². The predicted molar refractivity (Wildman–Crippen MR) is 127 cm³/mol. The van der Waals surface area contributed by atoms with Crippen LogP contribution in [-0.2, 0) is 19.5 Å². The largest absolute Gasteiger partial charge is 0.504 e. The van der Waals surface area contributed by atoms with Crippen LogP contribution in [0.1, 0.15) is 36.1 Å². The molecule has 7 nitrogen and oxygen atoms in total. The summed E-state index contributed by atoms with van der Waals surface area (Å²) >= 11 is 0. The number of phenolic OH excluding ortho intramolecular Hbond substituents is 1. The highest BCUT2D eigenvalue weighted by atomic mass is 19.1. The number of anilines is 1. The number of phenols is 1. The predicted octanol–water partition coefficient (Wildman–Crippen LogP) is 4.67. The Kier molecular flexibility index (Phi) is 6.49.